The lowest BCUT2D eigenvalue weighted by Gasteiger charge is -2.37. The van der Waals surface area contributed by atoms with E-state index in [1.165, 1.54) is 6.07 Å². The van der Waals surface area contributed by atoms with Crippen molar-refractivity contribution in [3.05, 3.63) is 60.0 Å². The number of nitrogens with one attached hydrogen (secondary N) is 1. The van der Waals surface area contributed by atoms with Crippen LogP contribution in [0.5, 0.6) is 0 Å². The topological polar surface area (TPSA) is 67.8 Å². The molecule has 5 rings (SSSR count). The third-order valence-electron chi connectivity index (χ3n) is 7.19. The molecule has 3 aromatic rings. The van der Waals surface area contributed by atoms with Gasteiger partial charge in [0.25, 0.3) is 5.91 Å². The van der Waals surface area contributed by atoms with Crippen LogP contribution >= 0.6 is 0 Å². The summed E-state index contributed by atoms with van der Waals surface area (Å²) in [5.41, 5.74) is 0.992. The Hall–Kier alpha value is -3.30. The van der Waals surface area contributed by atoms with Gasteiger partial charge in [-0.15, -0.1) is 10.2 Å². The van der Waals surface area contributed by atoms with E-state index in [-0.39, 0.29) is 11.7 Å². The number of anilines is 2. The van der Waals surface area contributed by atoms with Gasteiger partial charge in [0.15, 0.2) is 11.5 Å². The molecule has 2 aromatic carbocycles. The third-order valence-corrected chi connectivity index (χ3v) is 7.19. The molecule has 36 heavy (non-hydrogen) atoms. The predicted octanol–water partition coefficient (Wildman–Crippen LogP) is 2.46. The first-order valence-corrected chi connectivity index (χ1v) is 12.8. The fraction of sp³-hybridized carbons (Fsp3) is 0.444. The molecule has 8 nitrogen and oxygen atoms in total. The van der Waals surface area contributed by atoms with Crippen LogP contribution in [0.2, 0.25) is 0 Å². The van der Waals surface area contributed by atoms with Crippen LogP contribution in [0.4, 0.5) is 15.9 Å². The molecule has 0 aliphatic carbocycles. The van der Waals surface area contributed by atoms with Crippen molar-refractivity contribution < 1.29 is 9.18 Å². The van der Waals surface area contributed by atoms with Crippen molar-refractivity contribution in [2.75, 3.05) is 82.3 Å². The van der Waals surface area contributed by atoms with Crippen LogP contribution in [0.25, 0.3) is 10.8 Å². The van der Waals surface area contributed by atoms with Gasteiger partial charge >= 0.3 is 0 Å². The van der Waals surface area contributed by atoms with E-state index in [1.54, 1.807) is 6.07 Å². The Bertz CT molecular complexity index is 1190. The maximum Gasteiger partial charge on any atom is 0.272 e. The number of nitrogens with zero attached hydrogens (tertiary/aromatic N) is 6. The maximum atomic E-state index is 14.2. The predicted molar refractivity (Wildman–Crippen MR) is 141 cm³/mol. The Morgan fingerprint density at radius 3 is 2.28 bits per heavy atom. The summed E-state index contributed by atoms with van der Waals surface area (Å²) < 4.78 is 14.2. The largest absolute Gasteiger partial charge is 0.366 e. The summed E-state index contributed by atoms with van der Waals surface area (Å²) >= 11 is 0. The Labute approximate surface area is 211 Å². The summed E-state index contributed by atoms with van der Waals surface area (Å²) in [6.45, 7) is 8.72. The summed E-state index contributed by atoms with van der Waals surface area (Å²) in [6.07, 6.45) is 0.908. The van der Waals surface area contributed by atoms with Crippen molar-refractivity contribution >= 4 is 28.2 Å². The highest BCUT2D eigenvalue weighted by molar-refractivity contribution is 6.07. The molecular weight excluding hydrogens is 457 g/mol. The second-order valence-electron chi connectivity index (χ2n) is 9.60. The van der Waals surface area contributed by atoms with E-state index in [0.717, 1.165) is 55.7 Å². The summed E-state index contributed by atoms with van der Waals surface area (Å²) in [5.74, 6) is 0.383. The molecule has 3 heterocycles. The van der Waals surface area contributed by atoms with Gasteiger partial charge in [0.2, 0.25) is 0 Å². The van der Waals surface area contributed by atoms with Gasteiger partial charge in [0.1, 0.15) is 5.82 Å². The number of amides is 1. The third kappa shape index (κ3) is 5.42. The molecule has 1 amide bonds. The molecule has 0 atom stereocenters. The number of rotatable bonds is 7. The maximum absolute atomic E-state index is 14.2. The number of carbonyl (C=O) groups excluding carboxylic acids is 1. The minimum Gasteiger partial charge on any atom is -0.366 e. The number of likely N-dealkylation sites (N-methyl/N-ethyl adjacent to an activating group) is 1. The van der Waals surface area contributed by atoms with Gasteiger partial charge in [-0.2, -0.15) is 0 Å². The fourth-order valence-corrected chi connectivity index (χ4v) is 5.02. The van der Waals surface area contributed by atoms with Gasteiger partial charge in [0.05, 0.1) is 5.69 Å². The van der Waals surface area contributed by atoms with Crippen LogP contribution in [-0.4, -0.2) is 98.4 Å². The molecular formula is C27H34FN7O. The summed E-state index contributed by atoms with van der Waals surface area (Å²) in [4.78, 5) is 22.0. The Morgan fingerprint density at radius 1 is 0.861 bits per heavy atom. The number of halogens is 1. The SMILES string of the molecule is CN1CCN(CCCNC(=O)c2nnc(N3CCN(c4ccccc4F)CC3)c3ccccc23)CC1. The van der Waals surface area contributed by atoms with Crippen molar-refractivity contribution in [3.63, 3.8) is 0 Å². The monoisotopic (exact) mass is 491 g/mol. The molecule has 1 N–H and O–H groups in total. The number of benzene rings is 2. The first kappa shape index (κ1) is 24.4. The minimum absolute atomic E-state index is 0.187. The Morgan fingerprint density at radius 2 is 1.53 bits per heavy atom. The van der Waals surface area contributed by atoms with E-state index >= 15 is 0 Å². The number of para-hydroxylation sites is 1. The highest BCUT2D eigenvalue weighted by atomic mass is 19.1. The molecule has 0 spiro atoms. The molecule has 190 valence electrons. The summed E-state index contributed by atoms with van der Waals surface area (Å²) in [7, 11) is 2.15. The van der Waals surface area contributed by atoms with Gasteiger partial charge in [0, 0.05) is 69.7 Å². The first-order chi connectivity index (χ1) is 17.6. The quantitative estimate of drug-likeness (QED) is 0.510. The van der Waals surface area contributed by atoms with Crippen molar-refractivity contribution in [2.45, 2.75) is 6.42 Å². The van der Waals surface area contributed by atoms with Gasteiger partial charge in [-0.3, -0.25) is 4.79 Å². The van der Waals surface area contributed by atoms with Crippen molar-refractivity contribution in [3.8, 4) is 0 Å². The smallest absolute Gasteiger partial charge is 0.272 e. The fourth-order valence-electron chi connectivity index (χ4n) is 5.02. The van der Waals surface area contributed by atoms with E-state index in [1.807, 2.05) is 36.4 Å². The number of piperazine rings is 2. The minimum atomic E-state index is -0.199. The average Bonchev–Trinajstić information content (AvgIpc) is 2.92. The van der Waals surface area contributed by atoms with Crippen LogP contribution in [-0.2, 0) is 0 Å². The molecule has 2 aliphatic rings. The van der Waals surface area contributed by atoms with E-state index in [4.69, 9.17) is 0 Å². The zero-order valence-electron chi connectivity index (χ0n) is 20.9. The zero-order chi connectivity index (χ0) is 24.9. The molecule has 9 heteroatoms. The molecule has 2 aliphatic heterocycles. The zero-order valence-corrected chi connectivity index (χ0v) is 20.9. The molecule has 1 aromatic heterocycles. The van der Waals surface area contributed by atoms with E-state index in [0.29, 0.717) is 44.1 Å². The highest BCUT2D eigenvalue weighted by Gasteiger charge is 2.24. The standard InChI is InChI=1S/C27H34FN7O/c1-32-13-15-33(16-14-32)12-6-11-29-27(36)25-21-7-2-3-8-22(21)26(31-30-25)35-19-17-34(18-20-35)24-10-5-4-9-23(24)28/h2-5,7-10H,6,11-20H2,1H3,(H,29,36). The Kier molecular flexibility index (Phi) is 7.58. The molecule has 0 unspecified atom stereocenters. The number of hydrogen-bond donors (Lipinski definition) is 1. The van der Waals surface area contributed by atoms with E-state index in [2.05, 4.69) is 42.2 Å². The highest BCUT2D eigenvalue weighted by Crippen LogP contribution is 2.28. The number of fused-ring (bicyclic) bond motifs is 1. The van der Waals surface area contributed by atoms with Crippen LogP contribution in [0.15, 0.2) is 48.5 Å². The number of hydrogen-bond acceptors (Lipinski definition) is 7. The van der Waals surface area contributed by atoms with Crippen LogP contribution in [0.1, 0.15) is 16.9 Å². The lowest BCUT2D eigenvalue weighted by molar-refractivity contribution is 0.0945. The van der Waals surface area contributed by atoms with Crippen molar-refractivity contribution in [1.29, 1.82) is 0 Å². The molecule has 2 fully saturated rings. The van der Waals surface area contributed by atoms with E-state index in [9.17, 15) is 9.18 Å². The van der Waals surface area contributed by atoms with E-state index < -0.39 is 0 Å². The summed E-state index contributed by atoms with van der Waals surface area (Å²) in [6, 6.07) is 14.7. The molecule has 2 saturated heterocycles. The number of aromatic nitrogens is 2. The number of carbonyl (C=O) groups is 1. The van der Waals surface area contributed by atoms with Crippen LogP contribution < -0.4 is 15.1 Å². The molecule has 0 radical (unpaired) electrons. The lowest BCUT2D eigenvalue weighted by atomic mass is 10.1. The molecule has 0 saturated carbocycles. The Balaban J connectivity index is 1.22. The van der Waals surface area contributed by atoms with Gasteiger partial charge < -0.3 is 24.9 Å². The van der Waals surface area contributed by atoms with Gasteiger partial charge in [-0.1, -0.05) is 36.4 Å². The van der Waals surface area contributed by atoms with Crippen LogP contribution in [0, 0.1) is 5.82 Å². The second-order valence-corrected chi connectivity index (χ2v) is 9.60. The van der Waals surface area contributed by atoms with Gasteiger partial charge in [-0.05, 0) is 32.1 Å². The second kappa shape index (κ2) is 11.2. The van der Waals surface area contributed by atoms with Crippen LogP contribution in [0.3, 0.4) is 0 Å². The van der Waals surface area contributed by atoms with Crippen molar-refractivity contribution in [1.82, 2.24) is 25.3 Å². The van der Waals surface area contributed by atoms with Crippen molar-refractivity contribution in [2.24, 2.45) is 0 Å². The average molecular weight is 492 g/mol. The lowest BCUT2D eigenvalue weighted by Crippen LogP contribution is -2.47. The first-order valence-electron chi connectivity index (χ1n) is 12.8. The molecule has 0 bridgehead atoms. The summed E-state index contributed by atoms with van der Waals surface area (Å²) in [5, 5.41) is 13.6. The van der Waals surface area contributed by atoms with Gasteiger partial charge in [-0.25, -0.2) is 4.39 Å². The normalized spacial score (nSPS) is 17.5.